The Balaban J connectivity index is 1.85. The van der Waals surface area contributed by atoms with Crippen LogP contribution in [-0.4, -0.2) is 24.1 Å². The standard InChI is InChI=1S/C18H11BrClN5O/c1-26-17-5-14(11(19)3-12(17)20)25-18-9(6-21)7-22-13-4-16-15(2-10(13)18)23-8-24-16/h2-3,5,7-8H,4H2,1H3,(H,22,25). The molecule has 8 heteroatoms. The van der Waals surface area contributed by atoms with E-state index in [1.54, 1.807) is 25.4 Å². The quantitative estimate of drug-likeness (QED) is 0.780. The number of nitrogens with one attached hydrogen (secondary N) is 1. The summed E-state index contributed by atoms with van der Waals surface area (Å²) in [5, 5.41) is 13.3. The molecule has 0 unspecified atom stereocenters. The molecule has 2 heterocycles. The van der Waals surface area contributed by atoms with Crippen molar-refractivity contribution in [2.75, 3.05) is 12.4 Å². The summed E-state index contributed by atoms with van der Waals surface area (Å²) in [6.07, 6.45) is 5.58. The molecule has 0 saturated carbocycles. The third-order valence-electron chi connectivity index (χ3n) is 4.14. The number of rotatable bonds is 3. The van der Waals surface area contributed by atoms with Gasteiger partial charge in [0.15, 0.2) is 0 Å². The Morgan fingerprint density at radius 3 is 3.00 bits per heavy atom. The zero-order chi connectivity index (χ0) is 18.3. The Hall–Kier alpha value is -2.69. The monoisotopic (exact) mass is 427 g/mol. The average molecular weight is 429 g/mol. The molecule has 1 N–H and O–H groups in total. The van der Waals surface area contributed by atoms with Gasteiger partial charge in [0.05, 0.1) is 46.2 Å². The third-order valence-corrected chi connectivity index (χ3v) is 5.09. The number of hydrogen-bond acceptors (Lipinski definition) is 6. The summed E-state index contributed by atoms with van der Waals surface area (Å²) in [6, 6.07) is 5.71. The van der Waals surface area contributed by atoms with E-state index in [0.717, 1.165) is 32.8 Å². The predicted octanol–water partition coefficient (Wildman–Crippen LogP) is 4.50. The highest BCUT2D eigenvalue weighted by atomic mass is 79.9. The topological polar surface area (TPSA) is 82.7 Å². The molecule has 128 valence electrons. The van der Waals surface area contributed by atoms with Crippen molar-refractivity contribution < 1.29 is 4.74 Å². The Morgan fingerprint density at radius 1 is 1.38 bits per heavy atom. The van der Waals surface area contributed by atoms with Crippen LogP contribution in [0.1, 0.15) is 16.8 Å². The van der Waals surface area contributed by atoms with Crippen LogP contribution in [0.15, 0.2) is 38.5 Å². The lowest BCUT2D eigenvalue weighted by Gasteiger charge is -2.19. The number of methoxy groups -OCH3 is 1. The van der Waals surface area contributed by atoms with E-state index in [9.17, 15) is 5.26 Å². The second kappa shape index (κ2) is 6.56. The Labute approximate surface area is 163 Å². The maximum Gasteiger partial charge on any atom is 0.139 e. The van der Waals surface area contributed by atoms with Crippen molar-refractivity contribution in [1.82, 2.24) is 4.98 Å². The van der Waals surface area contributed by atoms with E-state index in [4.69, 9.17) is 16.3 Å². The van der Waals surface area contributed by atoms with Gasteiger partial charge in [-0.25, -0.2) is 9.98 Å². The minimum absolute atomic E-state index is 0.434. The summed E-state index contributed by atoms with van der Waals surface area (Å²) in [5.74, 6) is 0.534. The lowest BCUT2D eigenvalue weighted by molar-refractivity contribution is 0.415. The fraction of sp³-hybridized carbons (Fsp3) is 0.111. The summed E-state index contributed by atoms with van der Waals surface area (Å²) in [4.78, 5) is 12.9. The van der Waals surface area contributed by atoms with E-state index in [1.807, 2.05) is 6.08 Å². The van der Waals surface area contributed by atoms with Gasteiger partial charge in [0.2, 0.25) is 0 Å². The van der Waals surface area contributed by atoms with Crippen LogP contribution in [0.4, 0.5) is 11.4 Å². The summed E-state index contributed by atoms with van der Waals surface area (Å²) in [7, 11) is 1.55. The SMILES string of the molecule is COc1cc(Nc2c(C#N)cnc3c2C=C2N=CN=C2C3)c(Br)cc1Cl. The fourth-order valence-electron chi connectivity index (χ4n) is 2.85. The van der Waals surface area contributed by atoms with Crippen LogP contribution in [0, 0.1) is 11.3 Å². The van der Waals surface area contributed by atoms with E-state index in [1.165, 1.54) is 6.34 Å². The van der Waals surface area contributed by atoms with Crippen molar-refractivity contribution in [2.45, 2.75) is 6.42 Å². The Morgan fingerprint density at radius 2 is 2.23 bits per heavy atom. The second-order valence-corrected chi connectivity index (χ2v) is 6.90. The maximum atomic E-state index is 9.54. The van der Waals surface area contributed by atoms with Gasteiger partial charge in [-0.3, -0.25) is 4.98 Å². The molecular formula is C18H11BrClN5O. The molecule has 0 bridgehead atoms. The highest BCUT2D eigenvalue weighted by Crippen LogP contribution is 2.39. The molecule has 0 amide bonds. The molecule has 6 nitrogen and oxygen atoms in total. The van der Waals surface area contributed by atoms with Crippen molar-refractivity contribution in [1.29, 1.82) is 5.26 Å². The van der Waals surface area contributed by atoms with Gasteiger partial charge in [0.1, 0.15) is 18.2 Å². The number of benzene rings is 1. The number of halogens is 2. The molecular weight excluding hydrogens is 418 g/mol. The van der Waals surface area contributed by atoms with Gasteiger partial charge in [0, 0.05) is 28.7 Å². The highest BCUT2D eigenvalue weighted by molar-refractivity contribution is 9.10. The molecule has 0 fully saturated rings. The molecule has 1 aromatic heterocycles. The van der Waals surface area contributed by atoms with E-state index >= 15 is 0 Å². The number of allylic oxidation sites excluding steroid dienone is 1. The number of aromatic nitrogens is 1. The molecule has 2 aliphatic rings. The first-order valence-electron chi connectivity index (χ1n) is 7.64. The minimum Gasteiger partial charge on any atom is -0.495 e. The van der Waals surface area contributed by atoms with Crippen LogP contribution in [0.3, 0.4) is 0 Å². The number of fused-ring (bicyclic) bond motifs is 2. The third kappa shape index (κ3) is 2.77. The molecule has 4 rings (SSSR count). The fourth-order valence-corrected chi connectivity index (χ4v) is 3.67. The number of nitrogens with zero attached hydrogens (tertiary/aromatic N) is 4. The molecule has 1 aliphatic heterocycles. The van der Waals surface area contributed by atoms with E-state index in [0.29, 0.717) is 28.4 Å². The number of hydrogen-bond donors (Lipinski definition) is 1. The number of aliphatic imine (C=N–C) groups is 2. The number of anilines is 2. The van der Waals surface area contributed by atoms with Crippen LogP contribution in [0.25, 0.3) is 6.08 Å². The molecule has 0 atom stereocenters. The number of ether oxygens (including phenoxy) is 1. The van der Waals surface area contributed by atoms with Crippen molar-refractivity contribution in [2.24, 2.45) is 9.98 Å². The highest BCUT2D eigenvalue weighted by Gasteiger charge is 2.24. The number of pyridine rings is 1. The van der Waals surface area contributed by atoms with Gasteiger partial charge < -0.3 is 10.1 Å². The lowest BCUT2D eigenvalue weighted by atomic mass is 9.95. The normalized spacial score (nSPS) is 14.1. The van der Waals surface area contributed by atoms with Crippen molar-refractivity contribution in [3.8, 4) is 11.8 Å². The molecule has 0 radical (unpaired) electrons. The zero-order valence-electron chi connectivity index (χ0n) is 13.5. The Kier molecular flexibility index (Phi) is 4.23. The zero-order valence-corrected chi connectivity index (χ0v) is 15.9. The van der Waals surface area contributed by atoms with Crippen LogP contribution in [0.2, 0.25) is 5.02 Å². The summed E-state index contributed by atoms with van der Waals surface area (Å²) >= 11 is 9.65. The molecule has 1 aliphatic carbocycles. The van der Waals surface area contributed by atoms with Gasteiger partial charge in [-0.05, 0) is 28.1 Å². The first-order chi connectivity index (χ1) is 12.6. The molecule has 26 heavy (non-hydrogen) atoms. The van der Waals surface area contributed by atoms with Crippen LogP contribution in [0.5, 0.6) is 5.75 Å². The largest absolute Gasteiger partial charge is 0.495 e. The van der Waals surface area contributed by atoms with Crippen LogP contribution < -0.4 is 10.1 Å². The van der Waals surface area contributed by atoms with Crippen molar-refractivity contribution in [3.63, 3.8) is 0 Å². The van der Waals surface area contributed by atoms with Gasteiger partial charge in [0.25, 0.3) is 0 Å². The van der Waals surface area contributed by atoms with Crippen LogP contribution in [-0.2, 0) is 6.42 Å². The van der Waals surface area contributed by atoms with Crippen molar-refractivity contribution >= 4 is 57.0 Å². The first kappa shape index (κ1) is 16.8. The van der Waals surface area contributed by atoms with Crippen molar-refractivity contribution in [3.05, 3.63) is 50.3 Å². The molecule has 2 aromatic rings. The molecule has 1 aromatic carbocycles. The second-order valence-electron chi connectivity index (χ2n) is 5.64. The summed E-state index contributed by atoms with van der Waals surface area (Å²) in [5.41, 5.74) is 5.18. The van der Waals surface area contributed by atoms with Gasteiger partial charge in [-0.15, -0.1) is 0 Å². The van der Waals surface area contributed by atoms with Gasteiger partial charge >= 0.3 is 0 Å². The summed E-state index contributed by atoms with van der Waals surface area (Å²) < 4.78 is 6.04. The van der Waals surface area contributed by atoms with E-state index < -0.39 is 0 Å². The predicted molar refractivity (Wildman–Crippen MR) is 106 cm³/mol. The Bertz CT molecular complexity index is 1070. The number of nitriles is 1. The average Bonchev–Trinajstić information content (AvgIpc) is 3.09. The maximum absolute atomic E-state index is 9.54. The van der Waals surface area contributed by atoms with E-state index in [-0.39, 0.29) is 0 Å². The van der Waals surface area contributed by atoms with Crippen LogP contribution >= 0.6 is 27.5 Å². The van der Waals surface area contributed by atoms with Gasteiger partial charge in [-0.2, -0.15) is 5.26 Å². The smallest absolute Gasteiger partial charge is 0.139 e. The molecule has 0 spiro atoms. The summed E-state index contributed by atoms with van der Waals surface area (Å²) in [6.45, 7) is 0. The first-order valence-corrected chi connectivity index (χ1v) is 8.81. The lowest BCUT2D eigenvalue weighted by Crippen LogP contribution is -2.13. The minimum atomic E-state index is 0.434. The van der Waals surface area contributed by atoms with Gasteiger partial charge in [-0.1, -0.05) is 11.6 Å². The van der Waals surface area contributed by atoms with E-state index in [2.05, 4.69) is 42.3 Å². The molecule has 0 saturated heterocycles.